The second kappa shape index (κ2) is 8.12. The van der Waals surface area contributed by atoms with E-state index in [-0.39, 0.29) is 17.7 Å². The van der Waals surface area contributed by atoms with Gasteiger partial charge in [0, 0.05) is 25.1 Å². The molecular weight excluding hydrogens is 257 g/mol. The van der Waals surface area contributed by atoms with E-state index in [1.807, 2.05) is 25.8 Å². The largest absolute Gasteiger partial charge is 0.377 e. The van der Waals surface area contributed by atoms with Crippen LogP contribution in [0.3, 0.4) is 0 Å². The summed E-state index contributed by atoms with van der Waals surface area (Å²) in [6.45, 7) is 7.77. The van der Waals surface area contributed by atoms with Crippen molar-refractivity contribution in [1.29, 1.82) is 0 Å². The van der Waals surface area contributed by atoms with Gasteiger partial charge in [-0.15, -0.1) is 0 Å². The van der Waals surface area contributed by atoms with Crippen LogP contribution in [-0.4, -0.2) is 43.5 Å². The van der Waals surface area contributed by atoms with E-state index in [2.05, 4.69) is 0 Å². The van der Waals surface area contributed by atoms with Gasteiger partial charge in [0.2, 0.25) is 0 Å². The lowest BCUT2D eigenvalue weighted by Gasteiger charge is -2.17. The third kappa shape index (κ3) is 5.80. The Morgan fingerprint density at radius 1 is 1.35 bits per heavy atom. The molecule has 112 valence electrons. The number of hydrogen-bond donors (Lipinski definition) is 0. The molecule has 0 radical (unpaired) electrons. The molecule has 1 aromatic carbocycles. The smallest absolute Gasteiger partial charge is 0.164 e. The highest BCUT2D eigenvalue weighted by Crippen LogP contribution is 2.11. The van der Waals surface area contributed by atoms with Crippen LogP contribution in [0, 0.1) is 12.7 Å². The van der Waals surface area contributed by atoms with Crippen molar-refractivity contribution in [2.45, 2.75) is 33.3 Å². The number of aryl methyl sites for hydroxylation is 1. The highest BCUT2D eigenvalue weighted by atomic mass is 19.1. The summed E-state index contributed by atoms with van der Waals surface area (Å²) in [6, 6.07) is 4.64. The fraction of sp³-hybridized carbons (Fsp3) is 0.562. The summed E-state index contributed by atoms with van der Waals surface area (Å²) >= 11 is 0. The van der Waals surface area contributed by atoms with Gasteiger partial charge in [0.25, 0.3) is 0 Å². The second-order valence-corrected chi connectivity index (χ2v) is 5.36. The van der Waals surface area contributed by atoms with Crippen LogP contribution in [0.1, 0.15) is 36.2 Å². The van der Waals surface area contributed by atoms with Crippen molar-refractivity contribution in [3.63, 3.8) is 0 Å². The summed E-state index contributed by atoms with van der Waals surface area (Å²) in [5.41, 5.74) is 1.00. The highest BCUT2D eigenvalue weighted by molar-refractivity contribution is 5.96. The molecule has 1 rings (SSSR count). The molecule has 0 aliphatic heterocycles. The van der Waals surface area contributed by atoms with Crippen LogP contribution in [0.5, 0.6) is 0 Å². The maximum atomic E-state index is 13.4. The predicted octanol–water partition coefficient (Wildman–Crippen LogP) is 3.06. The van der Waals surface area contributed by atoms with Crippen molar-refractivity contribution in [3.05, 3.63) is 35.1 Å². The Kier molecular flexibility index (Phi) is 6.82. The monoisotopic (exact) mass is 281 g/mol. The number of Topliss-reactive ketones (excluding diaryl/α,β-unsaturated/α-hetero) is 1. The molecule has 20 heavy (non-hydrogen) atoms. The van der Waals surface area contributed by atoms with E-state index in [1.165, 1.54) is 6.07 Å². The maximum absolute atomic E-state index is 13.4. The minimum Gasteiger partial charge on any atom is -0.377 e. The third-order valence-corrected chi connectivity index (χ3v) is 3.14. The number of carbonyl (C=O) groups is 1. The van der Waals surface area contributed by atoms with Crippen molar-refractivity contribution in [1.82, 2.24) is 4.90 Å². The van der Waals surface area contributed by atoms with Crippen LogP contribution >= 0.6 is 0 Å². The Hall–Kier alpha value is -1.26. The Bertz CT molecular complexity index is 446. The summed E-state index contributed by atoms with van der Waals surface area (Å²) in [5, 5.41) is 0. The molecule has 0 fully saturated rings. The number of rotatable bonds is 8. The average molecular weight is 281 g/mol. The number of ketones is 1. The lowest BCUT2D eigenvalue weighted by Crippen LogP contribution is -2.26. The molecule has 0 spiro atoms. The number of hydrogen-bond acceptors (Lipinski definition) is 3. The fourth-order valence-electron chi connectivity index (χ4n) is 1.76. The zero-order valence-corrected chi connectivity index (χ0v) is 12.8. The summed E-state index contributed by atoms with van der Waals surface area (Å²) in [7, 11) is 1.95. The molecular formula is C16H24FNO2. The van der Waals surface area contributed by atoms with Crippen molar-refractivity contribution in [3.8, 4) is 0 Å². The summed E-state index contributed by atoms with van der Waals surface area (Å²) in [4.78, 5) is 14.0. The first-order valence-corrected chi connectivity index (χ1v) is 6.99. The van der Waals surface area contributed by atoms with Gasteiger partial charge in [-0.05, 0) is 39.4 Å². The highest BCUT2D eigenvalue weighted by Gasteiger charge is 2.09. The van der Waals surface area contributed by atoms with E-state index in [9.17, 15) is 9.18 Å². The summed E-state index contributed by atoms with van der Waals surface area (Å²) in [6.07, 6.45) is 0.612. The van der Waals surface area contributed by atoms with Crippen molar-refractivity contribution < 1.29 is 13.9 Å². The number of halogens is 1. The molecule has 1 aromatic rings. The molecule has 0 saturated heterocycles. The number of likely N-dealkylation sites (N-methyl/N-ethyl adjacent to an activating group) is 1. The van der Waals surface area contributed by atoms with Crippen molar-refractivity contribution >= 4 is 5.78 Å². The van der Waals surface area contributed by atoms with E-state index in [1.54, 1.807) is 19.1 Å². The molecule has 0 aliphatic carbocycles. The van der Waals surface area contributed by atoms with Gasteiger partial charge >= 0.3 is 0 Å². The first-order valence-electron chi connectivity index (χ1n) is 6.99. The number of benzene rings is 1. The number of nitrogens with zero attached hydrogens (tertiary/aromatic N) is 1. The molecule has 0 aromatic heterocycles. The minimum absolute atomic E-state index is 0.0273. The molecule has 0 saturated carbocycles. The Balaban J connectivity index is 2.37. The van der Waals surface area contributed by atoms with Gasteiger partial charge in [-0.1, -0.05) is 12.1 Å². The topological polar surface area (TPSA) is 29.5 Å². The number of ether oxygens (including phenoxy) is 1. The van der Waals surface area contributed by atoms with Crippen molar-refractivity contribution in [2.75, 3.05) is 26.7 Å². The van der Waals surface area contributed by atoms with Gasteiger partial charge in [0.15, 0.2) is 5.78 Å². The number of carbonyl (C=O) groups excluding carboxylic acids is 1. The first kappa shape index (κ1) is 16.8. The normalized spacial score (nSPS) is 11.3. The molecule has 3 nitrogen and oxygen atoms in total. The SMILES string of the molecule is Cc1ccc(C(=O)CCN(C)CCOC(C)C)cc1F. The van der Waals surface area contributed by atoms with Crippen LogP contribution in [-0.2, 0) is 4.74 Å². The van der Waals surface area contributed by atoms with Crippen LogP contribution in [0.2, 0.25) is 0 Å². The lowest BCUT2D eigenvalue weighted by atomic mass is 10.1. The van der Waals surface area contributed by atoms with E-state index in [0.717, 1.165) is 6.54 Å². The van der Waals surface area contributed by atoms with Crippen LogP contribution in [0.25, 0.3) is 0 Å². The molecule has 0 heterocycles. The minimum atomic E-state index is -0.325. The zero-order chi connectivity index (χ0) is 15.1. The van der Waals surface area contributed by atoms with Crippen LogP contribution in [0.15, 0.2) is 18.2 Å². The predicted molar refractivity (Wildman–Crippen MR) is 78.7 cm³/mol. The molecule has 0 aliphatic rings. The quantitative estimate of drug-likeness (QED) is 0.686. The fourth-order valence-corrected chi connectivity index (χ4v) is 1.76. The van der Waals surface area contributed by atoms with Gasteiger partial charge in [-0.2, -0.15) is 0 Å². The second-order valence-electron chi connectivity index (χ2n) is 5.36. The average Bonchev–Trinajstić information content (AvgIpc) is 2.38. The first-order chi connectivity index (χ1) is 9.40. The Morgan fingerprint density at radius 2 is 2.05 bits per heavy atom. The maximum Gasteiger partial charge on any atom is 0.164 e. The van der Waals surface area contributed by atoms with E-state index in [0.29, 0.717) is 30.7 Å². The lowest BCUT2D eigenvalue weighted by molar-refractivity contribution is 0.0629. The van der Waals surface area contributed by atoms with Gasteiger partial charge in [-0.3, -0.25) is 4.79 Å². The van der Waals surface area contributed by atoms with E-state index < -0.39 is 0 Å². The van der Waals surface area contributed by atoms with Gasteiger partial charge in [0.05, 0.1) is 12.7 Å². The zero-order valence-electron chi connectivity index (χ0n) is 12.8. The van der Waals surface area contributed by atoms with E-state index >= 15 is 0 Å². The molecule has 4 heteroatoms. The van der Waals surface area contributed by atoms with Crippen LogP contribution < -0.4 is 0 Å². The Morgan fingerprint density at radius 3 is 2.65 bits per heavy atom. The molecule has 0 bridgehead atoms. The Labute approximate surface area is 120 Å². The molecule has 0 atom stereocenters. The molecule has 0 N–H and O–H groups in total. The van der Waals surface area contributed by atoms with Gasteiger partial charge in [-0.25, -0.2) is 4.39 Å². The van der Waals surface area contributed by atoms with E-state index in [4.69, 9.17) is 4.74 Å². The van der Waals surface area contributed by atoms with Crippen LogP contribution in [0.4, 0.5) is 4.39 Å². The summed E-state index contributed by atoms with van der Waals surface area (Å²) < 4.78 is 18.9. The van der Waals surface area contributed by atoms with Gasteiger partial charge < -0.3 is 9.64 Å². The summed E-state index contributed by atoms with van der Waals surface area (Å²) in [5.74, 6) is -0.352. The third-order valence-electron chi connectivity index (χ3n) is 3.14. The van der Waals surface area contributed by atoms with Gasteiger partial charge in [0.1, 0.15) is 5.82 Å². The van der Waals surface area contributed by atoms with Crippen molar-refractivity contribution in [2.24, 2.45) is 0 Å². The molecule has 0 amide bonds. The molecule has 0 unspecified atom stereocenters. The standard InChI is InChI=1S/C16H24FNO2/c1-12(2)20-10-9-18(4)8-7-16(19)14-6-5-13(3)15(17)11-14/h5-6,11-12H,7-10H2,1-4H3.